The molecule has 0 unspecified atom stereocenters. The number of pyridine rings is 1. The molecule has 1 aromatic carbocycles. The number of nitrogens with two attached hydrogens (primary N) is 1. The SMILES string of the molecule is C[C@H]1CN(Cc2cccc(-c3cccc(CN)c3)n2)CCN1C(=O)O. The van der Waals surface area contributed by atoms with Gasteiger partial charge in [0.25, 0.3) is 0 Å². The molecule has 0 saturated carbocycles. The Kier molecular flexibility index (Phi) is 5.31. The van der Waals surface area contributed by atoms with Gasteiger partial charge in [0, 0.05) is 44.3 Å². The lowest BCUT2D eigenvalue weighted by Crippen LogP contribution is -2.53. The molecule has 3 N–H and O–H groups in total. The third kappa shape index (κ3) is 4.15. The van der Waals surface area contributed by atoms with E-state index in [-0.39, 0.29) is 6.04 Å². The van der Waals surface area contributed by atoms with Crippen LogP contribution < -0.4 is 5.73 Å². The quantitative estimate of drug-likeness (QED) is 0.893. The molecular weight excluding hydrogens is 316 g/mol. The summed E-state index contributed by atoms with van der Waals surface area (Å²) in [7, 11) is 0. The molecule has 1 saturated heterocycles. The van der Waals surface area contributed by atoms with Crippen molar-refractivity contribution in [3.8, 4) is 11.3 Å². The number of carboxylic acid groups (broad SMARTS) is 1. The van der Waals surface area contributed by atoms with Crippen molar-refractivity contribution in [2.45, 2.75) is 26.1 Å². The summed E-state index contributed by atoms with van der Waals surface area (Å²) in [6.45, 7) is 5.17. The predicted molar refractivity (Wildman–Crippen MR) is 97.0 cm³/mol. The molecule has 2 aromatic rings. The molecule has 1 aromatic heterocycles. The monoisotopic (exact) mass is 340 g/mol. The van der Waals surface area contributed by atoms with E-state index in [2.05, 4.69) is 11.0 Å². The topological polar surface area (TPSA) is 82.7 Å². The Balaban J connectivity index is 1.71. The van der Waals surface area contributed by atoms with Gasteiger partial charge in [-0.05, 0) is 30.7 Å². The minimum absolute atomic E-state index is 0.00401. The average Bonchev–Trinajstić information content (AvgIpc) is 2.62. The molecule has 1 aliphatic rings. The molecule has 2 heterocycles. The van der Waals surface area contributed by atoms with Gasteiger partial charge in [-0.1, -0.05) is 24.3 Å². The van der Waals surface area contributed by atoms with Crippen LogP contribution >= 0.6 is 0 Å². The van der Waals surface area contributed by atoms with Gasteiger partial charge in [0.15, 0.2) is 0 Å². The molecule has 6 heteroatoms. The molecule has 0 aliphatic carbocycles. The Morgan fingerprint density at radius 1 is 1.28 bits per heavy atom. The van der Waals surface area contributed by atoms with Crippen LogP contribution in [0.15, 0.2) is 42.5 Å². The standard InChI is InChI=1S/C19H24N4O2/c1-14-12-22(8-9-23(14)19(24)25)13-17-6-3-7-18(21-17)16-5-2-4-15(10-16)11-20/h2-7,10,14H,8-9,11-13,20H2,1H3,(H,24,25)/t14-/m0/s1. The Morgan fingerprint density at radius 2 is 2.08 bits per heavy atom. The fourth-order valence-electron chi connectivity index (χ4n) is 3.28. The van der Waals surface area contributed by atoms with E-state index in [9.17, 15) is 9.90 Å². The lowest BCUT2D eigenvalue weighted by molar-refractivity contribution is 0.0706. The minimum atomic E-state index is -0.841. The Labute approximate surface area is 147 Å². The summed E-state index contributed by atoms with van der Waals surface area (Å²) < 4.78 is 0. The molecule has 25 heavy (non-hydrogen) atoms. The first-order valence-electron chi connectivity index (χ1n) is 8.54. The molecule has 1 fully saturated rings. The maximum atomic E-state index is 11.2. The van der Waals surface area contributed by atoms with Crippen molar-refractivity contribution in [1.29, 1.82) is 0 Å². The number of nitrogens with zero attached hydrogens (tertiary/aromatic N) is 3. The van der Waals surface area contributed by atoms with Gasteiger partial charge in [0.2, 0.25) is 0 Å². The molecular formula is C19H24N4O2. The highest BCUT2D eigenvalue weighted by Gasteiger charge is 2.27. The van der Waals surface area contributed by atoms with Crippen molar-refractivity contribution in [1.82, 2.24) is 14.8 Å². The highest BCUT2D eigenvalue weighted by atomic mass is 16.4. The first-order valence-corrected chi connectivity index (χ1v) is 8.54. The second-order valence-corrected chi connectivity index (χ2v) is 6.48. The normalized spacial score (nSPS) is 18.3. The summed E-state index contributed by atoms with van der Waals surface area (Å²) >= 11 is 0. The molecule has 1 amide bonds. The van der Waals surface area contributed by atoms with Crippen molar-refractivity contribution < 1.29 is 9.90 Å². The van der Waals surface area contributed by atoms with Crippen LogP contribution in [0.25, 0.3) is 11.3 Å². The van der Waals surface area contributed by atoms with Gasteiger partial charge >= 0.3 is 6.09 Å². The van der Waals surface area contributed by atoms with Crippen molar-refractivity contribution in [3.63, 3.8) is 0 Å². The zero-order valence-electron chi connectivity index (χ0n) is 14.4. The van der Waals surface area contributed by atoms with E-state index < -0.39 is 6.09 Å². The molecule has 6 nitrogen and oxygen atoms in total. The number of amides is 1. The van der Waals surface area contributed by atoms with Gasteiger partial charge in [-0.25, -0.2) is 4.79 Å². The maximum absolute atomic E-state index is 11.2. The highest BCUT2D eigenvalue weighted by Crippen LogP contribution is 2.20. The molecule has 0 bridgehead atoms. The molecule has 1 aliphatic heterocycles. The first-order chi connectivity index (χ1) is 12.1. The van der Waals surface area contributed by atoms with E-state index >= 15 is 0 Å². The van der Waals surface area contributed by atoms with Gasteiger partial charge in [0.1, 0.15) is 0 Å². The van der Waals surface area contributed by atoms with Crippen LogP contribution in [0.3, 0.4) is 0 Å². The van der Waals surface area contributed by atoms with E-state index in [4.69, 9.17) is 10.7 Å². The van der Waals surface area contributed by atoms with Gasteiger partial charge in [-0.15, -0.1) is 0 Å². The van der Waals surface area contributed by atoms with E-state index in [1.54, 1.807) is 0 Å². The average molecular weight is 340 g/mol. The van der Waals surface area contributed by atoms with E-state index in [1.807, 2.05) is 43.3 Å². The van der Waals surface area contributed by atoms with Crippen molar-refractivity contribution in [2.75, 3.05) is 19.6 Å². The molecule has 1 atom stereocenters. The summed E-state index contributed by atoms with van der Waals surface area (Å²) in [5, 5.41) is 9.18. The highest BCUT2D eigenvalue weighted by molar-refractivity contribution is 5.65. The van der Waals surface area contributed by atoms with Crippen LogP contribution in [0.2, 0.25) is 0 Å². The maximum Gasteiger partial charge on any atom is 0.407 e. The Hall–Kier alpha value is -2.44. The molecule has 132 valence electrons. The first kappa shape index (κ1) is 17.4. The van der Waals surface area contributed by atoms with Crippen LogP contribution in [0.5, 0.6) is 0 Å². The third-order valence-electron chi connectivity index (χ3n) is 4.61. The largest absolute Gasteiger partial charge is 0.465 e. The molecule has 3 rings (SSSR count). The number of rotatable bonds is 4. The molecule has 0 spiro atoms. The number of hydrogen-bond acceptors (Lipinski definition) is 4. The molecule has 0 radical (unpaired) electrons. The van der Waals surface area contributed by atoms with E-state index in [0.717, 1.165) is 42.1 Å². The number of benzene rings is 1. The van der Waals surface area contributed by atoms with Crippen LogP contribution in [-0.2, 0) is 13.1 Å². The fourth-order valence-corrected chi connectivity index (χ4v) is 3.28. The van der Waals surface area contributed by atoms with Crippen molar-refractivity contribution in [2.24, 2.45) is 5.73 Å². The Bertz CT molecular complexity index is 750. The Morgan fingerprint density at radius 3 is 2.80 bits per heavy atom. The van der Waals surface area contributed by atoms with E-state index in [0.29, 0.717) is 13.1 Å². The van der Waals surface area contributed by atoms with Gasteiger partial charge in [0.05, 0.1) is 11.4 Å². The minimum Gasteiger partial charge on any atom is -0.465 e. The second kappa shape index (κ2) is 7.63. The van der Waals surface area contributed by atoms with Gasteiger partial charge in [-0.2, -0.15) is 0 Å². The van der Waals surface area contributed by atoms with E-state index in [1.165, 1.54) is 4.90 Å². The van der Waals surface area contributed by atoms with Crippen LogP contribution in [0.1, 0.15) is 18.2 Å². The summed E-state index contributed by atoms with van der Waals surface area (Å²) in [6.07, 6.45) is -0.841. The number of hydrogen-bond donors (Lipinski definition) is 2. The van der Waals surface area contributed by atoms with Gasteiger partial charge in [-0.3, -0.25) is 9.88 Å². The van der Waals surface area contributed by atoms with Crippen LogP contribution in [-0.4, -0.2) is 51.7 Å². The van der Waals surface area contributed by atoms with Crippen molar-refractivity contribution >= 4 is 6.09 Å². The summed E-state index contributed by atoms with van der Waals surface area (Å²) in [5.74, 6) is 0. The smallest absolute Gasteiger partial charge is 0.407 e. The second-order valence-electron chi connectivity index (χ2n) is 6.48. The summed E-state index contributed by atoms with van der Waals surface area (Å²) in [5.41, 5.74) is 9.80. The number of piperazine rings is 1. The van der Waals surface area contributed by atoms with Crippen LogP contribution in [0.4, 0.5) is 4.79 Å². The summed E-state index contributed by atoms with van der Waals surface area (Å²) in [4.78, 5) is 19.7. The fraction of sp³-hybridized carbons (Fsp3) is 0.368. The lowest BCUT2D eigenvalue weighted by atomic mass is 10.1. The predicted octanol–water partition coefficient (Wildman–Crippen LogP) is 2.39. The summed E-state index contributed by atoms with van der Waals surface area (Å²) in [6, 6.07) is 14.2. The third-order valence-corrected chi connectivity index (χ3v) is 4.61. The number of carbonyl (C=O) groups is 1. The zero-order chi connectivity index (χ0) is 17.8. The van der Waals surface area contributed by atoms with Crippen LogP contribution in [0, 0.1) is 0 Å². The number of aromatic nitrogens is 1. The van der Waals surface area contributed by atoms with Crippen molar-refractivity contribution in [3.05, 3.63) is 53.7 Å². The van der Waals surface area contributed by atoms with Gasteiger partial charge < -0.3 is 15.7 Å². The lowest BCUT2D eigenvalue weighted by Gasteiger charge is -2.38. The zero-order valence-corrected chi connectivity index (χ0v) is 14.4.